The van der Waals surface area contributed by atoms with Gasteiger partial charge >= 0.3 is 30.1 Å². The van der Waals surface area contributed by atoms with Crippen LogP contribution in [0.1, 0.15) is 31.9 Å². The summed E-state index contributed by atoms with van der Waals surface area (Å²) in [7, 11) is 3.16. The lowest BCUT2D eigenvalue weighted by atomic mass is 10.2. The maximum absolute atomic E-state index is 12.3. The van der Waals surface area contributed by atoms with Crippen LogP contribution in [0, 0.1) is 0 Å². The first kappa shape index (κ1) is 30.9. The first-order valence-electron chi connectivity index (χ1n) is 13.1. The first-order valence-corrected chi connectivity index (χ1v) is 13.1. The predicted octanol–water partition coefficient (Wildman–Crippen LogP) is 3.15. The molecule has 2 aliphatic heterocycles. The van der Waals surface area contributed by atoms with Gasteiger partial charge in [-0.15, -0.1) is 0 Å². The predicted molar refractivity (Wildman–Crippen MR) is 147 cm³/mol. The number of urea groups is 2. The smallest absolute Gasteiger partial charge is 0.419 e. The molecule has 2 atom stereocenters. The molecule has 12 nitrogen and oxygen atoms in total. The molecule has 2 aromatic rings. The van der Waals surface area contributed by atoms with Crippen molar-refractivity contribution in [3.8, 4) is 0 Å². The van der Waals surface area contributed by atoms with Gasteiger partial charge in [0.25, 0.3) is 0 Å². The van der Waals surface area contributed by atoms with Gasteiger partial charge in [0, 0.05) is 14.1 Å². The average molecular weight is 569 g/mol. The fraction of sp³-hybridized carbons (Fsp3) is 0.414. The summed E-state index contributed by atoms with van der Waals surface area (Å²) in [6.07, 6.45) is -0.849. The summed E-state index contributed by atoms with van der Waals surface area (Å²) in [6, 6.07) is 16.2. The van der Waals surface area contributed by atoms with Gasteiger partial charge in [0.2, 0.25) is 0 Å². The number of ether oxygens (including phenoxy) is 3. The van der Waals surface area contributed by atoms with Crippen LogP contribution in [0.3, 0.4) is 0 Å². The Morgan fingerprint density at radius 2 is 1.32 bits per heavy atom. The molecule has 2 fully saturated rings. The quantitative estimate of drug-likeness (QED) is 0.415. The van der Waals surface area contributed by atoms with Crippen LogP contribution >= 0.6 is 0 Å². The minimum absolute atomic E-state index is 0.0751. The number of benzene rings is 2. The van der Waals surface area contributed by atoms with E-state index in [9.17, 15) is 24.0 Å². The highest BCUT2D eigenvalue weighted by Gasteiger charge is 2.46. The zero-order valence-corrected chi connectivity index (χ0v) is 23.9. The van der Waals surface area contributed by atoms with Crippen molar-refractivity contribution >= 4 is 30.1 Å². The molecule has 220 valence electrons. The molecule has 0 bridgehead atoms. The number of imide groups is 1. The molecule has 5 amide bonds. The van der Waals surface area contributed by atoms with E-state index >= 15 is 0 Å². The molecule has 4 rings (SSSR count). The van der Waals surface area contributed by atoms with Gasteiger partial charge < -0.3 is 29.3 Å². The van der Waals surface area contributed by atoms with Gasteiger partial charge in [-0.1, -0.05) is 60.7 Å². The van der Waals surface area contributed by atoms with Crippen LogP contribution in [0.2, 0.25) is 0 Å². The molecular formula is C29H36N4O8. The van der Waals surface area contributed by atoms with E-state index in [4.69, 9.17) is 14.2 Å². The van der Waals surface area contributed by atoms with Crippen LogP contribution in [-0.2, 0) is 37.0 Å². The Morgan fingerprint density at radius 3 is 1.78 bits per heavy atom. The summed E-state index contributed by atoms with van der Waals surface area (Å²) < 4.78 is 15.6. The van der Waals surface area contributed by atoms with E-state index < -0.39 is 41.7 Å². The normalized spacial score (nSPS) is 18.3. The van der Waals surface area contributed by atoms with Gasteiger partial charge in [-0.2, -0.15) is 0 Å². The second-order valence-electron chi connectivity index (χ2n) is 10.6. The molecule has 2 saturated heterocycles. The zero-order chi connectivity index (χ0) is 30.2. The number of rotatable bonds is 6. The van der Waals surface area contributed by atoms with Crippen molar-refractivity contribution in [2.45, 2.75) is 51.7 Å². The molecule has 0 unspecified atom stereocenters. The number of hydrogen-bond acceptors (Lipinski definition) is 8. The van der Waals surface area contributed by atoms with E-state index in [0.717, 1.165) is 16.0 Å². The van der Waals surface area contributed by atoms with Crippen molar-refractivity contribution in [1.29, 1.82) is 0 Å². The number of nitrogens with zero attached hydrogens (tertiary/aromatic N) is 3. The van der Waals surface area contributed by atoms with Gasteiger partial charge in [-0.05, 0) is 31.9 Å². The highest BCUT2D eigenvalue weighted by atomic mass is 16.6. The van der Waals surface area contributed by atoms with Gasteiger partial charge in [0.15, 0.2) is 6.04 Å². The third-order valence-electron chi connectivity index (χ3n) is 5.99. The van der Waals surface area contributed by atoms with Crippen molar-refractivity contribution in [1.82, 2.24) is 20.0 Å². The molecule has 0 saturated carbocycles. The Hall–Kier alpha value is -4.61. The third-order valence-corrected chi connectivity index (χ3v) is 5.99. The molecule has 0 radical (unpaired) electrons. The van der Waals surface area contributed by atoms with Crippen molar-refractivity contribution in [3.63, 3.8) is 0 Å². The molecule has 0 spiro atoms. The zero-order valence-electron chi connectivity index (χ0n) is 23.9. The highest BCUT2D eigenvalue weighted by molar-refractivity contribution is 5.98. The summed E-state index contributed by atoms with van der Waals surface area (Å²) in [5, 5.41) is 2.55. The highest BCUT2D eigenvalue weighted by Crippen LogP contribution is 2.20. The molecule has 12 heteroatoms. The maximum Gasteiger partial charge on any atom is 0.419 e. The molecule has 0 aromatic heterocycles. The number of carbonyl (C=O) groups excluding carboxylic acids is 5. The molecular weight excluding hydrogens is 532 g/mol. The molecule has 1 N–H and O–H groups in total. The van der Waals surface area contributed by atoms with E-state index in [1.54, 1.807) is 27.8 Å². The van der Waals surface area contributed by atoms with E-state index in [-0.39, 0.29) is 25.8 Å². The standard InChI is InChI=1S/C17H22N2O5.C12H14N2O3/c1-17(2,3)24-16(22)19-13(10-18(4)15(19)21)14(20)23-11-12-8-6-5-7-9-12;1-14-7-10(13-12(14)16)11(15)17-8-9-5-3-2-4-6-9/h5-9,13H,10-11H2,1-4H3;2-6,10H,7-8H2,1H3,(H,13,16)/t13-;10-/m11/s1. The lowest BCUT2D eigenvalue weighted by Crippen LogP contribution is -2.46. The topological polar surface area (TPSA) is 135 Å². The molecule has 41 heavy (non-hydrogen) atoms. The van der Waals surface area contributed by atoms with Crippen LogP contribution in [0.4, 0.5) is 14.4 Å². The van der Waals surface area contributed by atoms with Crippen LogP contribution in [0.15, 0.2) is 60.7 Å². The van der Waals surface area contributed by atoms with E-state index in [1.807, 2.05) is 60.7 Å². The monoisotopic (exact) mass is 568 g/mol. The number of carbonyl (C=O) groups is 5. The fourth-order valence-corrected chi connectivity index (χ4v) is 3.88. The van der Waals surface area contributed by atoms with Crippen molar-refractivity contribution < 1.29 is 38.2 Å². The van der Waals surface area contributed by atoms with Crippen LogP contribution in [-0.4, -0.2) is 89.7 Å². The number of amides is 5. The minimum atomic E-state index is -1.01. The molecule has 2 aliphatic rings. The lowest BCUT2D eigenvalue weighted by Gasteiger charge is -2.25. The summed E-state index contributed by atoms with van der Waals surface area (Å²) in [4.78, 5) is 63.1. The summed E-state index contributed by atoms with van der Waals surface area (Å²) >= 11 is 0. The van der Waals surface area contributed by atoms with Crippen molar-refractivity contribution in [3.05, 3.63) is 71.8 Å². The van der Waals surface area contributed by atoms with Crippen LogP contribution in [0.5, 0.6) is 0 Å². The second-order valence-corrected chi connectivity index (χ2v) is 10.6. The number of likely N-dealkylation sites (N-methyl/N-ethyl adjacent to an activating group) is 2. The minimum Gasteiger partial charge on any atom is -0.459 e. The Kier molecular flexibility index (Phi) is 10.3. The average Bonchev–Trinajstić information content (AvgIpc) is 3.43. The summed E-state index contributed by atoms with van der Waals surface area (Å²) in [5.41, 5.74) is 0.989. The largest absolute Gasteiger partial charge is 0.459 e. The second kappa shape index (κ2) is 13.6. The van der Waals surface area contributed by atoms with Crippen LogP contribution < -0.4 is 5.32 Å². The summed E-state index contributed by atoms with van der Waals surface area (Å²) in [6.45, 7) is 5.82. The number of hydrogen-bond donors (Lipinski definition) is 1. The maximum atomic E-state index is 12.3. The number of nitrogens with one attached hydrogen (secondary N) is 1. The van der Waals surface area contributed by atoms with Gasteiger partial charge in [0.1, 0.15) is 24.9 Å². The Balaban J connectivity index is 0.000000239. The molecule has 2 aromatic carbocycles. The SMILES string of the molecule is CN1C[C@H](C(=O)OCc2ccccc2)N(C(=O)OC(C)(C)C)C1=O.CN1C[C@H](C(=O)OCc2ccccc2)NC1=O. The van der Waals surface area contributed by atoms with E-state index in [1.165, 1.54) is 16.8 Å². The van der Waals surface area contributed by atoms with Gasteiger partial charge in [0.05, 0.1) is 13.1 Å². The Morgan fingerprint density at radius 1 is 0.805 bits per heavy atom. The Bertz CT molecular complexity index is 1230. The molecule has 2 heterocycles. The van der Waals surface area contributed by atoms with E-state index in [2.05, 4.69) is 5.32 Å². The molecule has 0 aliphatic carbocycles. The van der Waals surface area contributed by atoms with Crippen molar-refractivity contribution in [2.24, 2.45) is 0 Å². The summed E-state index contributed by atoms with van der Waals surface area (Å²) in [5.74, 6) is -1.03. The van der Waals surface area contributed by atoms with E-state index in [0.29, 0.717) is 6.54 Å². The van der Waals surface area contributed by atoms with Gasteiger partial charge in [-0.25, -0.2) is 28.9 Å². The first-order chi connectivity index (χ1) is 19.4. The fourth-order valence-electron chi connectivity index (χ4n) is 3.88. The number of esters is 2. The Labute approximate surface area is 239 Å². The van der Waals surface area contributed by atoms with Gasteiger partial charge in [-0.3, -0.25) is 0 Å². The third kappa shape index (κ3) is 8.95. The van der Waals surface area contributed by atoms with Crippen LogP contribution in [0.25, 0.3) is 0 Å². The lowest BCUT2D eigenvalue weighted by molar-refractivity contribution is -0.149. The van der Waals surface area contributed by atoms with Crippen molar-refractivity contribution in [2.75, 3.05) is 27.2 Å².